The van der Waals surface area contributed by atoms with Crippen LogP contribution in [0.2, 0.25) is 0 Å². The molecule has 0 aromatic heterocycles. The van der Waals surface area contributed by atoms with Gasteiger partial charge in [0.05, 0.1) is 12.7 Å². The summed E-state index contributed by atoms with van der Waals surface area (Å²) in [6, 6.07) is 13.3. The van der Waals surface area contributed by atoms with E-state index in [2.05, 4.69) is 9.80 Å². The van der Waals surface area contributed by atoms with E-state index in [1.807, 2.05) is 24.3 Å². The van der Waals surface area contributed by atoms with Gasteiger partial charge < -0.3 is 9.84 Å². The van der Waals surface area contributed by atoms with Gasteiger partial charge in [-0.3, -0.25) is 9.80 Å². The predicted octanol–water partition coefficient (Wildman–Crippen LogP) is 2.87. The van der Waals surface area contributed by atoms with E-state index in [4.69, 9.17) is 4.74 Å². The molecule has 1 aliphatic rings. The van der Waals surface area contributed by atoms with E-state index in [-0.39, 0.29) is 17.7 Å². The Kier molecular flexibility index (Phi) is 7.50. The topological polar surface area (TPSA) is 35.9 Å². The average molecular weight is 390 g/mol. The van der Waals surface area contributed by atoms with Gasteiger partial charge in [0.15, 0.2) is 0 Å². The first-order chi connectivity index (χ1) is 13.5. The van der Waals surface area contributed by atoms with Crippen molar-refractivity contribution in [2.75, 3.05) is 46.4 Å². The highest BCUT2D eigenvalue weighted by molar-refractivity contribution is 5.25. The zero-order chi connectivity index (χ0) is 19.9. The third-order valence-corrected chi connectivity index (χ3v) is 5.27. The van der Waals surface area contributed by atoms with Crippen LogP contribution in [-0.2, 0) is 11.2 Å². The first-order valence-corrected chi connectivity index (χ1v) is 9.68. The van der Waals surface area contributed by atoms with Crippen LogP contribution in [0.15, 0.2) is 48.5 Å². The van der Waals surface area contributed by atoms with Gasteiger partial charge in [0.2, 0.25) is 0 Å². The van der Waals surface area contributed by atoms with Crippen LogP contribution in [0.5, 0.6) is 0 Å². The van der Waals surface area contributed by atoms with Crippen LogP contribution < -0.4 is 0 Å². The number of aliphatic hydroxyl groups is 1. The molecule has 2 unspecified atom stereocenters. The number of aliphatic hydroxyl groups excluding tert-OH is 1. The maximum Gasteiger partial charge on any atom is 0.123 e. The molecule has 3 rings (SSSR count). The van der Waals surface area contributed by atoms with Crippen LogP contribution in [-0.4, -0.2) is 67.5 Å². The quantitative estimate of drug-likeness (QED) is 0.752. The van der Waals surface area contributed by atoms with Gasteiger partial charge in [0.1, 0.15) is 11.6 Å². The molecule has 6 heteroatoms. The Morgan fingerprint density at radius 2 is 1.50 bits per heavy atom. The third-order valence-electron chi connectivity index (χ3n) is 5.27. The Bertz CT molecular complexity index is 716. The average Bonchev–Trinajstić information content (AvgIpc) is 2.69. The monoisotopic (exact) mass is 390 g/mol. The van der Waals surface area contributed by atoms with Crippen molar-refractivity contribution in [2.24, 2.45) is 0 Å². The molecule has 0 aliphatic carbocycles. The fourth-order valence-electron chi connectivity index (χ4n) is 3.79. The van der Waals surface area contributed by atoms with Gasteiger partial charge in [-0.25, -0.2) is 8.78 Å². The number of hydrogen-bond donors (Lipinski definition) is 1. The van der Waals surface area contributed by atoms with Crippen molar-refractivity contribution in [3.63, 3.8) is 0 Å². The van der Waals surface area contributed by atoms with Crippen molar-refractivity contribution in [2.45, 2.75) is 18.6 Å². The van der Waals surface area contributed by atoms with Crippen molar-refractivity contribution in [1.29, 1.82) is 0 Å². The summed E-state index contributed by atoms with van der Waals surface area (Å²) in [5, 5.41) is 9.95. The normalized spacial score (nSPS) is 18.1. The first-order valence-electron chi connectivity index (χ1n) is 9.68. The van der Waals surface area contributed by atoms with Gasteiger partial charge in [-0.1, -0.05) is 24.3 Å². The minimum atomic E-state index is -0.483. The van der Waals surface area contributed by atoms with Crippen LogP contribution in [0.3, 0.4) is 0 Å². The number of methoxy groups -OCH3 is 1. The smallest absolute Gasteiger partial charge is 0.123 e. The fourth-order valence-corrected chi connectivity index (χ4v) is 3.79. The van der Waals surface area contributed by atoms with Crippen LogP contribution in [0, 0.1) is 11.6 Å². The molecule has 1 saturated heterocycles. The van der Waals surface area contributed by atoms with E-state index >= 15 is 0 Å². The van der Waals surface area contributed by atoms with E-state index < -0.39 is 6.10 Å². The van der Waals surface area contributed by atoms with Crippen LogP contribution >= 0.6 is 0 Å². The molecule has 1 heterocycles. The Balaban J connectivity index is 1.69. The van der Waals surface area contributed by atoms with Crippen LogP contribution in [0.1, 0.15) is 17.2 Å². The van der Waals surface area contributed by atoms with Gasteiger partial charge in [-0.15, -0.1) is 0 Å². The van der Waals surface area contributed by atoms with Crippen LogP contribution in [0.25, 0.3) is 0 Å². The third kappa shape index (κ3) is 5.82. The van der Waals surface area contributed by atoms with Gasteiger partial charge in [-0.2, -0.15) is 0 Å². The second-order valence-corrected chi connectivity index (χ2v) is 7.34. The van der Waals surface area contributed by atoms with E-state index in [9.17, 15) is 13.9 Å². The van der Waals surface area contributed by atoms with E-state index in [1.165, 1.54) is 24.3 Å². The number of benzene rings is 2. The molecular weight excluding hydrogens is 362 g/mol. The van der Waals surface area contributed by atoms with Gasteiger partial charge >= 0.3 is 0 Å². The molecule has 1 N–H and O–H groups in total. The molecular formula is C22H28F2N2O2. The molecule has 152 valence electrons. The molecule has 4 nitrogen and oxygen atoms in total. The number of piperazine rings is 1. The van der Waals surface area contributed by atoms with Crippen molar-refractivity contribution in [3.8, 4) is 0 Å². The largest absolute Gasteiger partial charge is 0.389 e. The van der Waals surface area contributed by atoms with Crippen molar-refractivity contribution in [1.82, 2.24) is 9.80 Å². The van der Waals surface area contributed by atoms with E-state index in [1.54, 1.807) is 7.11 Å². The number of nitrogens with zero attached hydrogens (tertiary/aromatic N) is 2. The molecule has 0 saturated carbocycles. The summed E-state index contributed by atoms with van der Waals surface area (Å²) >= 11 is 0. The lowest BCUT2D eigenvalue weighted by Gasteiger charge is -2.40. The number of hydrogen-bond acceptors (Lipinski definition) is 4. The molecule has 2 aromatic rings. The van der Waals surface area contributed by atoms with Gasteiger partial charge in [0, 0.05) is 45.9 Å². The maximum atomic E-state index is 13.4. The lowest BCUT2D eigenvalue weighted by Crippen LogP contribution is -2.50. The second-order valence-electron chi connectivity index (χ2n) is 7.34. The lowest BCUT2D eigenvalue weighted by molar-refractivity contribution is 0.0178. The van der Waals surface area contributed by atoms with Crippen molar-refractivity contribution >= 4 is 0 Å². The zero-order valence-corrected chi connectivity index (χ0v) is 16.2. The molecule has 1 fully saturated rings. The fraction of sp³-hybridized carbons (Fsp3) is 0.455. The van der Waals surface area contributed by atoms with Gasteiger partial charge in [0.25, 0.3) is 0 Å². The van der Waals surface area contributed by atoms with Crippen molar-refractivity contribution < 1.29 is 18.6 Å². The van der Waals surface area contributed by atoms with E-state index in [0.717, 1.165) is 43.7 Å². The maximum absolute atomic E-state index is 13.4. The molecule has 0 amide bonds. The summed E-state index contributed by atoms with van der Waals surface area (Å²) in [5.74, 6) is -0.494. The summed E-state index contributed by atoms with van der Waals surface area (Å²) in [6.07, 6.45) is 0.252. The molecule has 0 radical (unpaired) electrons. The lowest BCUT2D eigenvalue weighted by atomic mass is 9.96. The number of rotatable bonds is 8. The summed E-state index contributed by atoms with van der Waals surface area (Å²) in [5.41, 5.74) is 2.10. The molecule has 0 bridgehead atoms. The van der Waals surface area contributed by atoms with Crippen LogP contribution in [0.4, 0.5) is 8.78 Å². The minimum absolute atomic E-state index is 0.0945. The predicted molar refractivity (Wildman–Crippen MR) is 105 cm³/mol. The molecule has 28 heavy (non-hydrogen) atoms. The minimum Gasteiger partial charge on any atom is -0.389 e. The zero-order valence-electron chi connectivity index (χ0n) is 16.2. The highest BCUT2D eigenvalue weighted by Crippen LogP contribution is 2.27. The molecule has 2 aromatic carbocycles. The standard InChI is InChI=1S/C22H28F2N2O2/c1-28-16-21(27)15-25-10-12-26(13-11-25)22(18-4-8-20(24)9-5-18)14-17-2-6-19(23)7-3-17/h2-9,21-22,27H,10-16H2,1H3. The SMILES string of the molecule is COCC(O)CN1CCN(C(Cc2ccc(F)cc2)c2ccc(F)cc2)CC1. The summed E-state index contributed by atoms with van der Waals surface area (Å²) < 4.78 is 31.7. The summed E-state index contributed by atoms with van der Waals surface area (Å²) in [4.78, 5) is 4.62. The van der Waals surface area contributed by atoms with Gasteiger partial charge in [-0.05, 0) is 41.8 Å². The Morgan fingerprint density at radius 3 is 2.07 bits per heavy atom. The molecule has 1 aliphatic heterocycles. The Morgan fingerprint density at radius 1 is 0.929 bits per heavy atom. The summed E-state index contributed by atoms with van der Waals surface area (Å²) in [6.45, 7) is 4.33. The Hall–Kier alpha value is -1.86. The Labute approximate surface area is 165 Å². The first kappa shape index (κ1) is 20.9. The number of halogens is 2. The highest BCUT2D eigenvalue weighted by Gasteiger charge is 2.26. The van der Waals surface area contributed by atoms with Crippen molar-refractivity contribution in [3.05, 3.63) is 71.3 Å². The molecule has 0 spiro atoms. The summed E-state index contributed by atoms with van der Waals surface area (Å²) in [7, 11) is 1.59. The highest BCUT2D eigenvalue weighted by atomic mass is 19.1. The van der Waals surface area contributed by atoms with E-state index in [0.29, 0.717) is 13.2 Å². The number of ether oxygens (including phenoxy) is 1. The number of β-amino-alcohol motifs (C(OH)–C–C–N with tert-alkyl or cyclic N) is 1. The second kappa shape index (κ2) is 10.1. The molecule has 2 atom stereocenters.